The molecular formula is C24H32N2O5. The van der Waals surface area contributed by atoms with Crippen LogP contribution in [0.25, 0.3) is 0 Å². The van der Waals surface area contributed by atoms with Gasteiger partial charge >= 0.3 is 0 Å². The minimum atomic E-state index is -0.0386. The van der Waals surface area contributed by atoms with Crippen molar-refractivity contribution in [3.63, 3.8) is 0 Å². The van der Waals surface area contributed by atoms with Gasteiger partial charge in [0.05, 0.1) is 34.0 Å². The Morgan fingerprint density at radius 1 is 0.968 bits per heavy atom. The van der Waals surface area contributed by atoms with Gasteiger partial charge in [-0.1, -0.05) is 24.3 Å². The lowest BCUT2D eigenvalue weighted by molar-refractivity contribution is 0.0616. The summed E-state index contributed by atoms with van der Waals surface area (Å²) in [6, 6.07) is 12.0. The predicted molar refractivity (Wildman–Crippen MR) is 118 cm³/mol. The molecule has 1 fully saturated rings. The van der Waals surface area contributed by atoms with Crippen molar-refractivity contribution in [2.24, 2.45) is 5.92 Å². The van der Waals surface area contributed by atoms with E-state index in [0.717, 1.165) is 32.4 Å². The van der Waals surface area contributed by atoms with Crippen molar-refractivity contribution in [1.29, 1.82) is 0 Å². The molecule has 1 saturated heterocycles. The van der Waals surface area contributed by atoms with Gasteiger partial charge in [-0.05, 0) is 42.4 Å². The summed E-state index contributed by atoms with van der Waals surface area (Å²) in [5.41, 5.74) is 2.97. The second kappa shape index (κ2) is 11.7. The number of benzene rings is 1. The summed E-state index contributed by atoms with van der Waals surface area (Å²) in [6.07, 6.45) is 3.00. The number of aromatic nitrogens is 1. The lowest BCUT2D eigenvalue weighted by atomic mass is 9.89. The molecule has 1 aromatic carbocycles. The molecule has 0 atom stereocenters. The summed E-state index contributed by atoms with van der Waals surface area (Å²) >= 11 is 0. The van der Waals surface area contributed by atoms with E-state index in [9.17, 15) is 4.79 Å². The van der Waals surface area contributed by atoms with E-state index < -0.39 is 0 Å². The number of likely N-dealkylation sites (tertiary alicyclic amines) is 1. The molecule has 0 radical (unpaired) electrons. The van der Waals surface area contributed by atoms with Gasteiger partial charge in [0.25, 0.3) is 5.91 Å². The fourth-order valence-corrected chi connectivity index (χ4v) is 3.80. The molecule has 1 amide bonds. The zero-order valence-electron chi connectivity index (χ0n) is 18.6. The highest BCUT2D eigenvalue weighted by atomic mass is 16.5. The zero-order valence-corrected chi connectivity index (χ0v) is 18.6. The van der Waals surface area contributed by atoms with Gasteiger partial charge in [0.1, 0.15) is 5.56 Å². The van der Waals surface area contributed by atoms with Crippen LogP contribution in [-0.2, 0) is 22.5 Å². The first-order valence-electron chi connectivity index (χ1n) is 10.7. The second-order valence-corrected chi connectivity index (χ2v) is 7.71. The average Bonchev–Trinajstić information content (AvgIpc) is 2.82. The Kier molecular flexibility index (Phi) is 8.67. The SMILES string of the molecule is COCCOCc1ccc(CC2CCN(C(=O)c3ccc(OC)nc3OC)CC2)cc1. The number of hydrogen-bond donors (Lipinski definition) is 0. The van der Waals surface area contributed by atoms with E-state index in [4.69, 9.17) is 18.9 Å². The highest BCUT2D eigenvalue weighted by Gasteiger charge is 2.26. The van der Waals surface area contributed by atoms with Gasteiger partial charge in [0.15, 0.2) is 0 Å². The van der Waals surface area contributed by atoms with Crippen LogP contribution in [0, 0.1) is 5.92 Å². The van der Waals surface area contributed by atoms with Gasteiger partial charge in [-0.15, -0.1) is 0 Å². The number of ether oxygens (including phenoxy) is 4. The molecule has 0 bridgehead atoms. The molecule has 0 unspecified atom stereocenters. The molecule has 168 valence electrons. The summed E-state index contributed by atoms with van der Waals surface area (Å²) in [7, 11) is 4.73. The van der Waals surface area contributed by atoms with Gasteiger partial charge in [0, 0.05) is 26.3 Å². The summed E-state index contributed by atoms with van der Waals surface area (Å²) in [4.78, 5) is 19.1. The van der Waals surface area contributed by atoms with Crippen molar-refractivity contribution in [2.75, 3.05) is 47.6 Å². The van der Waals surface area contributed by atoms with Crippen LogP contribution in [0.5, 0.6) is 11.8 Å². The highest BCUT2D eigenvalue weighted by Crippen LogP contribution is 2.26. The van der Waals surface area contributed by atoms with E-state index in [0.29, 0.717) is 43.1 Å². The second-order valence-electron chi connectivity index (χ2n) is 7.71. The van der Waals surface area contributed by atoms with Crippen molar-refractivity contribution in [3.05, 3.63) is 53.1 Å². The van der Waals surface area contributed by atoms with Gasteiger partial charge in [-0.3, -0.25) is 4.79 Å². The third kappa shape index (κ3) is 6.42. The molecular weight excluding hydrogens is 396 g/mol. The van der Waals surface area contributed by atoms with Crippen LogP contribution in [0.1, 0.15) is 34.3 Å². The van der Waals surface area contributed by atoms with E-state index in [1.54, 1.807) is 26.4 Å². The van der Waals surface area contributed by atoms with Gasteiger partial charge in [-0.25, -0.2) is 0 Å². The van der Waals surface area contributed by atoms with Crippen molar-refractivity contribution in [3.8, 4) is 11.8 Å². The first-order chi connectivity index (χ1) is 15.1. The third-order valence-electron chi connectivity index (χ3n) is 5.62. The molecule has 31 heavy (non-hydrogen) atoms. The maximum absolute atomic E-state index is 13.0. The number of nitrogens with zero attached hydrogens (tertiary/aromatic N) is 2. The number of carbonyl (C=O) groups excluding carboxylic acids is 1. The Bertz CT molecular complexity index is 832. The van der Waals surface area contributed by atoms with Crippen LogP contribution in [0.2, 0.25) is 0 Å². The maximum atomic E-state index is 13.0. The van der Waals surface area contributed by atoms with Crippen molar-refractivity contribution in [2.45, 2.75) is 25.9 Å². The van der Waals surface area contributed by atoms with Crippen molar-refractivity contribution >= 4 is 5.91 Å². The molecule has 0 spiro atoms. The Morgan fingerprint density at radius 3 is 2.32 bits per heavy atom. The number of pyridine rings is 1. The van der Waals surface area contributed by atoms with E-state index in [1.165, 1.54) is 18.2 Å². The van der Waals surface area contributed by atoms with E-state index >= 15 is 0 Å². The Hall–Kier alpha value is -2.64. The molecule has 0 N–H and O–H groups in total. The highest BCUT2D eigenvalue weighted by molar-refractivity contribution is 5.96. The van der Waals surface area contributed by atoms with Crippen molar-refractivity contribution < 1.29 is 23.7 Å². The molecule has 2 heterocycles. The van der Waals surface area contributed by atoms with Gasteiger partial charge in [-0.2, -0.15) is 4.98 Å². The smallest absolute Gasteiger partial charge is 0.259 e. The Morgan fingerprint density at radius 2 is 1.68 bits per heavy atom. The van der Waals surface area contributed by atoms with E-state index in [-0.39, 0.29) is 5.91 Å². The lowest BCUT2D eigenvalue weighted by Crippen LogP contribution is -2.39. The number of rotatable bonds is 10. The number of piperidine rings is 1. The largest absolute Gasteiger partial charge is 0.481 e. The molecule has 1 aliphatic heterocycles. The van der Waals surface area contributed by atoms with Crippen LogP contribution < -0.4 is 9.47 Å². The third-order valence-corrected chi connectivity index (χ3v) is 5.62. The first kappa shape index (κ1) is 23.0. The summed E-state index contributed by atoms with van der Waals surface area (Å²) in [6.45, 7) is 3.30. The molecule has 0 saturated carbocycles. The van der Waals surface area contributed by atoms with Crippen LogP contribution in [-0.4, -0.2) is 63.4 Å². The standard InChI is InChI=1S/C24H32N2O5/c1-28-14-15-31-17-20-6-4-18(5-7-20)16-19-10-12-26(13-11-19)24(27)21-8-9-22(29-2)25-23(21)30-3/h4-9,19H,10-17H2,1-3H3. The normalized spacial score (nSPS) is 14.5. The van der Waals surface area contributed by atoms with Crippen LogP contribution in [0.15, 0.2) is 36.4 Å². The molecule has 3 rings (SSSR count). The molecule has 1 aromatic heterocycles. The fourth-order valence-electron chi connectivity index (χ4n) is 3.80. The monoisotopic (exact) mass is 428 g/mol. The molecule has 7 heteroatoms. The summed E-state index contributed by atoms with van der Waals surface area (Å²) in [5, 5.41) is 0. The Balaban J connectivity index is 1.49. The van der Waals surface area contributed by atoms with Crippen LogP contribution in [0.4, 0.5) is 0 Å². The number of carbonyl (C=O) groups is 1. The molecule has 0 aliphatic carbocycles. The first-order valence-corrected chi connectivity index (χ1v) is 10.7. The zero-order chi connectivity index (χ0) is 22.1. The lowest BCUT2D eigenvalue weighted by Gasteiger charge is -2.32. The van der Waals surface area contributed by atoms with Gasteiger partial charge < -0.3 is 23.8 Å². The molecule has 1 aliphatic rings. The number of hydrogen-bond acceptors (Lipinski definition) is 6. The predicted octanol–water partition coefficient (Wildman–Crippen LogP) is 3.36. The van der Waals surface area contributed by atoms with E-state index in [2.05, 4.69) is 29.2 Å². The topological polar surface area (TPSA) is 70.1 Å². The number of amides is 1. The van der Waals surface area contributed by atoms with Crippen LogP contribution in [0.3, 0.4) is 0 Å². The summed E-state index contributed by atoms with van der Waals surface area (Å²) < 4.78 is 21.0. The minimum absolute atomic E-state index is 0.0386. The number of methoxy groups -OCH3 is 3. The quantitative estimate of drug-likeness (QED) is 0.541. The minimum Gasteiger partial charge on any atom is -0.481 e. The Labute approximate surface area is 184 Å². The molecule has 7 nitrogen and oxygen atoms in total. The fraction of sp³-hybridized carbons (Fsp3) is 0.500. The average molecular weight is 429 g/mol. The summed E-state index contributed by atoms with van der Waals surface area (Å²) in [5.74, 6) is 1.27. The van der Waals surface area contributed by atoms with Gasteiger partial charge in [0.2, 0.25) is 11.8 Å². The van der Waals surface area contributed by atoms with Crippen LogP contribution >= 0.6 is 0 Å². The molecule has 2 aromatic rings. The maximum Gasteiger partial charge on any atom is 0.259 e. The van der Waals surface area contributed by atoms with E-state index in [1.807, 2.05) is 4.90 Å². The van der Waals surface area contributed by atoms with Crippen molar-refractivity contribution in [1.82, 2.24) is 9.88 Å².